The Morgan fingerprint density at radius 3 is 2.28 bits per heavy atom. The minimum atomic E-state index is -4.20. The normalized spacial score (nSPS) is 19.4. The Morgan fingerprint density at radius 2 is 1.72 bits per heavy atom. The van der Waals surface area contributed by atoms with E-state index in [1.165, 1.54) is 43.5 Å². The van der Waals surface area contributed by atoms with Crippen molar-refractivity contribution >= 4 is 33.5 Å². The van der Waals surface area contributed by atoms with E-state index in [-0.39, 0.29) is 24.4 Å². The number of hydrogen-bond acceptors (Lipinski definition) is 4. The molecule has 2 aromatic carbocycles. The molecule has 0 aliphatic heterocycles. The number of carbonyl (C=O) groups is 1. The van der Waals surface area contributed by atoms with Gasteiger partial charge in [-0.3, -0.25) is 0 Å². The van der Waals surface area contributed by atoms with Gasteiger partial charge >= 0.3 is 12.1 Å². The van der Waals surface area contributed by atoms with E-state index in [1.807, 2.05) is 0 Å². The van der Waals surface area contributed by atoms with Gasteiger partial charge in [0.15, 0.2) is 0 Å². The number of rotatable bonds is 6. The lowest BCUT2D eigenvalue weighted by atomic mass is 9.78. The van der Waals surface area contributed by atoms with Crippen molar-refractivity contribution < 1.29 is 31.1 Å². The number of hydrogen-bond donors (Lipinski definition) is 0. The Morgan fingerprint density at radius 1 is 1.09 bits per heavy atom. The zero-order valence-corrected chi connectivity index (χ0v) is 18.9. The largest absolute Gasteiger partial charge is 0.465 e. The maximum atomic E-state index is 13.1. The summed E-state index contributed by atoms with van der Waals surface area (Å²) in [6.07, 6.45) is -2.86. The van der Waals surface area contributed by atoms with Crippen LogP contribution in [0.1, 0.15) is 53.1 Å². The highest BCUT2D eigenvalue weighted by Crippen LogP contribution is 2.44. The maximum Gasteiger partial charge on any atom is 0.391 e. The van der Waals surface area contributed by atoms with Crippen LogP contribution in [-0.2, 0) is 20.5 Å². The first-order chi connectivity index (χ1) is 15.0. The zero-order chi connectivity index (χ0) is 23.5. The summed E-state index contributed by atoms with van der Waals surface area (Å²) >= 11 is 6.10. The fraction of sp³-hybridized carbons (Fsp3) is 0.409. The molecule has 3 rings (SSSR count). The first-order valence-electron chi connectivity index (χ1n) is 10.0. The number of esters is 1. The van der Waals surface area contributed by atoms with Crippen molar-refractivity contribution in [3.63, 3.8) is 0 Å². The molecule has 0 saturated heterocycles. The molecule has 32 heavy (non-hydrogen) atoms. The molecule has 0 amide bonds. The smallest absolute Gasteiger partial charge is 0.391 e. The standard InChI is InChI=1S/C22H23ClF3NO4S/c1-31-21(28)17-7-5-15(6-8-17)14-32(29,30)27(23)20-11-9-16(10-12-20)18-3-2-4-19(13-18)22(24,25)26/h5-12,18-19H,2-4,13-14H2,1H3. The second kappa shape index (κ2) is 9.70. The van der Waals surface area contributed by atoms with Crippen molar-refractivity contribution in [1.29, 1.82) is 0 Å². The summed E-state index contributed by atoms with van der Waals surface area (Å²) in [4.78, 5) is 11.5. The summed E-state index contributed by atoms with van der Waals surface area (Å²) in [5.74, 6) is -2.46. The molecule has 174 valence electrons. The van der Waals surface area contributed by atoms with Gasteiger partial charge in [0.05, 0.1) is 30.0 Å². The lowest BCUT2D eigenvalue weighted by Gasteiger charge is -2.31. The highest BCUT2D eigenvalue weighted by Gasteiger charge is 2.42. The van der Waals surface area contributed by atoms with Crippen LogP contribution >= 0.6 is 11.8 Å². The molecule has 0 N–H and O–H groups in total. The van der Waals surface area contributed by atoms with Crippen LogP contribution < -0.4 is 3.82 Å². The van der Waals surface area contributed by atoms with Gasteiger partial charge in [0.25, 0.3) is 10.0 Å². The van der Waals surface area contributed by atoms with E-state index >= 15 is 0 Å². The number of nitrogens with zero attached hydrogens (tertiary/aromatic N) is 1. The minimum absolute atomic E-state index is 0.0350. The van der Waals surface area contributed by atoms with Crippen molar-refractivity contribution in [2.24, 2.45) is 5.92 Å². The van der Waals surface area contributed by atoms with Gasteiger partial charge in [0.1, 0.15) is 0 Å². The van der Waals surface area contributed by atoms with Gasteiger partial charge in [-0.2, -0.15) is 17.0 Å². The van der Waals surface area contributed by atoms with E-state index in [4.69, 9.17) is 11.8 Å². The summed E-state index contributed by atoms with van der Waals surface area (Å²) in [5, 5.41) is 0. The number of halogens is 4. The molecule has 0 bridgehead atoms. The molecule has 10 heteroatoms. The third kappa shape index (κ3) is 5.75. The van der Waals surface area contributed by atoms with E-state index in [0.717, 1.165) is 5.56 Å². The van der Waals surface area contributed by atoms with Gasteiger partial charge in [-0.15, -0.1) is 0 Å². The van der Waals surface area contributed by atoms with Gasteiger partial charge in [-0.25, -0.2) is 13.2 Å². The predicted octanol–water partition coefficient (Wildman–Crippen LogP) is 5.80. The number of alkyl halides is 3. The number of ether oxygens (including phenoxy) is 1. The lowest BCUT2D eigenvalue weighted by Crippen LogP contribution is -2.28. The van der Waals surface area contributed by atoms with Gasteiger partial charge in [0, 0.05) is 11.8 Å². The maximum absolute atomic E-state index is 13.1. The SMILES string of the molecule is COC(=O)c1ccc(CS(=O)(=O)N(Cl)c2ccc(C3CCCC(C(F)(F)F)C3)cc2)cc1. The van der Waals surface area contributed by atoms with Crippen molar-refractivity contribution in [2.75, 3.05) is 10.9 Å². The predicted molar refractivity (Wildman–Crippen MR) is 116 cm³/mol. The highest BCUT2D eigenvalue weighted by atomic mass is 35.5. The second-order valence-electron chi connectivity index (χ2n) is 7.85. The summed E-state index contributed by atoms with van der Waals surface area (Å²) < 4.78 is 69.9. The van der Waals surface area contributed by atoms with Crippen LogP contribution in [0.15, 0.2) is 48.5 Å². The number of benzene rings is 2. The fourth-order valence-corrected chi connectivity index (χ4v) is 5.37. The molecule has 1 saturated carbocycles. The van der Waals surface area contributed by atoms with Crippen LogP contribution in [0.25, 0.3) is 0 Å². The Labute approximate surface area is 190 Å². The van der Waals surface area contributed by atoms with Gasteiger partial charge in [-0.1, -0.05) is 30.7 Å². The molecule has 1 aliphatic rings. The molecule has 2 unspecified atom stereocenters. The molecular formula is C22H23ClF3NO4S. The lowest BCUT2D eigenvalue weighted by molar-refractivity contribution is -0.183. The van der Waals surface area contributed by atoms with Crippen molar-refractivity contribution in [3.05, 3.63) is 65.2 Å². The van der Waals surface area contributed by atoms with E-state index in [2.05, 4.69) is 4.74 Å². The molecular weight excluding hydrogens is 467 g/mol. The Kier molecular flexibility index (Phi) is 7.39. The van der Waals surface area contributed by atoms with Crippen LogP contribution in [0.5, 0.6) is 0 Å². The topological polar surface area (TPSA) is 63.7 Å². The molecule has 0 radical (unpaired) electrons. The monoisotopic (exact) mass is 489 g/mol. The summed E-state index contributed by atoms with van der Waals surface area (Å²) in [7, 11) is -2.69. The average Bonchev–Trinajstić information content (AvgIpc) is 2.78. The molecule has 5 nitrogen and oxygen atoms in total. The van der Waals surface area contributed by atoms with Gasteiger partial charge < -0.3 is 4.74 Å². The molecule has 1 aliphatic carbocycles. The Hall–Kier alpha value is -2.26. The molecule has 2 atom stereocenters. The number of sulfonamides is 1. The molecule has 0 heterocycles. The zero-order valence-electron chi connectivity index (χ0n) is 17.3. The van der Waals surface area contributed by atoms with Crippen LogP contribution in [0.3, 0.4) is 0 Å². The quantitative estimate of drug-likeness (QED) is 0.380. The Bertz CT molecular complexity index is 1040. The van der Waals surface area contributed by atoms with Crippen molar-refractivity contribution in [1.82, 2.24) is 0 Å². The van der Waals surface area contributed by atoms with Crippen molar-refractivity contribution in [3.8, 4) is 0 Å². The molecule has 0 aromatic heterocycles. The third-order valence-electron chi connectivity index (χ3n) is 5.67. The van der Waals surface area contributed by atoms with Gasteiger partial charge in [-0.05, 0) is 60.6 Å². The molecule has 0 spiro atoms. The third-order valence-corrected chi connectivity index (χ3v) is 7.90. The summed E-state index contributed by atoms with van der Waals surface area (Å²) in [6, 6.07) is 12.2. The van der Waals surface area contributed by atoms with E-state index in [0.29, 0.717) is 27.8 Å². The van der Waals surface area contributed by atoms with Crippen LogP contribution in [0, 0.1) is 5.92 Å². The number of carbonyl (C=O) groups excluding carboxylic acids is 1. The number of methoxy groups -OCH3 is 1. The van der Waals surface area contributed by atoms with E-state index < -0.39 is 33.8 Å². The first kappa shape index (κ1) is 24.4. The van der Waals surface area contributed by atoms with E-state index in [1.54, 1.807) is 12.1 Å². The van der Waals surface area contributed by atoms with E-state index in [9.17, 15) is 26.4 Å². The van der Waals surface area contributed by atoms with Gasteiger partial charge in [0.2, 0.25) is 0 Å². The Balaban J connectivity index is 1.69. The summed E-state index contributed by atoms with van der Waals surface area (Å²) in [5.41, 5.74) is 1.66. The van der Waals surface area contributed by atoms with Crippen LogP contribution in [0.4, 0.5) is 18.9 Å². The molecule has 2 aromatic rings. The summed E-state index contributed by atoms with van der Waals surface area (Å²) in [6.45, 7) is 0. The minimum Gasteiger partial charge on any atom is -0.465 e. The highest BCUT2D eigenvalue weighted by molar-refractivity contribution is 7.93. The number of anilines is 1. The fourth-order valence-electron chi connectivity index (χ4n) is 3.94. The molecule has 1 fully saturated rings. The van der Waals surface area contributed by atoms with Crippen molar-refractivity contribution in [2.45, 2.75) is 43.5 Å². The average molecular weight is 490 g/mol. The van der Waals surface area contributed by atoms with Crippen LogP contribution in [0.2, 0.25) is 0 Å². The van der Waals surface area contributed by atoms with Crippen LogP contribution in [-0.4, -0.2) is 27.7 Å². The first-order valence-corrected chi connectivity index (χ1v) is 12.0. The second-order valence-corrected chi connectivity index (χ2v) is 10.2.